The van der Waals surface area contributed by atoms with Gasteiger partial charge in [-0.25, -0.2) is 0 Å². The van der Waals surface area contributed by atoms with Gasteiger partial charge in [-0.2, -0.15) is 0 Å². The van der Waals surface area contributed by atoms with Crippen LogP contribution in [-0.4, -0.2) is 35.9 Å². The van der Waals surface area contributed by atoms with Crippen LogP contribution in [0.3, 0.4) is 0 Å². The van der Waals surface area contributed by atoms with Crippen LogP contribution in [0.5, 0.6) is 0 Å². The Labute approximate surface area is 180 Å². The van der Waals surface area contributed by atoms with Crippen LogP contribution in [0, 0.1) is 46.3 Å². The molecule has 4 fully saturated rings. The van der Waals surface area contributed by atoms with Crippen LogP contribution in [0.2, 0.25) is 0 Å². The largest absolute Gasteiger partial charge is 0.469 e. The molecule has 0 saturated heterocycles. The third-order valence-corrected chi connectivity index (χ3v) is 10.1. The molecule has 0 spiro atoms. The van der Waals surface area contributed by atoms with Crippen molar-refractivity contribution < 1.29 is 24.2 Å². The molecule has 0 aromatic carbocycles. The number of hydrogen-bond acceptors (Lipinski definition) is 5. The maximum Gasteiger partial charge on any atom is 0.305 e. The van der Waals surface area contributed by atoms with Crippen molar-refractivity contribution in [3.05, 3.63) is 0 Å². The van der Waals surface area contributed by atoms with E-state index in [9.17, 15) is 19.5 Å². The molecule has 0 bridgehead atoms. The predicted molar refractivity (Wildman–Crippen MR) is 112 cm³/mol. The molecule has 1 unspecified atom stereocenters. The number of Topliss-reactive ketones (excluding diaryl/α,β-unsaturated/α-hetero) is 2. The zero-order chi connectivity index (χ0) is 21.8. The molecule has 4 saturated carbocycles. The Morgan fingerprint density at radius 1 is 1.20 bits per heavy atom. The molecule has 0 heterocycles. The van der Waals surface area contributed by atoms with Gasteiger partial charge in [0.1, 0.15) is 11.6 Å². The van der Waals surface area contributed by atoms with Crippen LogP contribution in [0.25, 0.3) is 0 Å². The van der Waals surface area contributed by atoms with Gasteiger partial charge in [-0.1, -0.05) is 20.8 Å². The molecular weight excluding hydrogens is 380 g/mol. The number of rotatable bonds is 4. The highest BCUT2D eigenvalue weighted by Gasteiger charge is 2.65. The summed E-state index contributed by atoms with van der Waals surface area (Å²) in [6, 6.07) is 0. The number of hydrogen-bond donors (Lipinski definition) is 1. The number of methoxy groups -OCH3 is 1. The summed E-state index contributed by atoms with van der Waals surface area (Å²) in [7, 11) is 1.42. The zero-order valence-electron chi connectivity index (χ0n) is 19.0. The smallest absolute Gasteiger partial charge is 0.305 e. The first-order valence-corrected chi connectivity index (χ1v) is 11.9. The van der Waals surface area contributed by atoms with Crippen molar-refractivity contribution in [2.75, 3.05) is 7.11 Å². The van der Waals surface area contributed by atoms with Gasteiger partial charge in [0.2, 0.25) is 0 Å². The third kappa shape index (κ3) is 3.18. The van der Waals surface area contributed by atoms with Gasteiger partial charge in [0.25, 0.3) is 0 Å². The number of aliphatic hydroxyl groups is 1. The lowest BCUT2D eigenvalue weighted by Crippen LogP contribution is -2.61. The lowest BCUT2D eigenvalue weighted by molar-refractivity contribution is -0.177. The lowest BCUT2D eigenvalue weighted by atomic mass is 9.43. The van der Waals surface area contributed by atoms with Gasteiger partial charge in [-0.05, 0) is 73.0 Å². The molecular formula is C25H38O5. The standard InChI is InChI=1S/C25H38O5/c1-14(5-8-22(29)30-4)17-6-7-18-23-19(13-21(28)25(17,18)3)24(2)10-9-16(26)11-15(24)12-20(23)27/h14-15,17-20,23,27H,5-13H2,1-4H3/t14-,15?,17-,18+,19+,20-,23+,24+,25-/m1/s1. The Morgan fingerprint density at radius 3 is 2.63 bits per heavy atom. The second-order valence-electron chi connectivity index (χ2n) is 11.2. The minimum absolute atomic E-state index is 0.0105. The second-order valence-corrected chi connectivity index (χ2v) is 11.2. The van der Waals surface area contributed by atoms with E-state index in [-0.39, 0.29) is 46.9 Å². The summed E-state index contributed by atoms with van der Waals surface area (Å²) < 4.78 is 4.81. The third-order valence-electron chi connectivity index (χ3n) is 10.1. The Hall–Kier alpha value is -1.23. The Kier molecular flexibility index (Phi) is 5.66. The summed E-state index contributed by atoms with van der Waals surface area (Å²) in [5, 5.41) is 11.2. The van der Waals surface area contributed by atoms with Gasteiger partial charge in [0.05, 0.1) is 13.2 Å². The first kappa shape index (κ1) is 22.0. The first-order chi connectivity index (χ1) is 14.1. The van der Waals surface area contributed by atoms with E-state index in [4.69, 9.17) is 4.74 Å². The molecule has 30 heavy (non-hydrogen) atoms. The quantitative estimate of drug-likeness (QED) is 0.699. The van der Waals surface area contributed by atoms with E-state index < -0.39 is 11.5 Å². The highest BCUT2D eigenvalue weighted by molar-refractivity contribution is 5.87. The molecule has 0 amide bonds. The number of aliphatic hydroxyl groups excluding tert-OH is 1. The average molecular weight is 419 g/mol. The minimum Gasteiger partial charge on any atom is -0.469 e. The summed E-state index contributed by atoms with van der Waals surface area (Å²) in [4.78, 5) is 37.4. The molecule has 168 valence electrons. The highest BCUT2D eigenvalue weighted by Crippen LogP contribution is 2.67. The second kappa shape index (κ2) is 7.72. The Bertz CT molecular complexity index is 731. The van der Waals surface area contributed by atoms with Crippen molar-refractivity contribution in [2.45, 2.75) is 84.7 Å². The van der Waals surface area contributed by atoms with Crippen molar-refractivity contribution in [1.29, 1.82) is 0 Å². The minimum atomic E-state index is -0.416. The molecule has 4 rings (SSSR count). The Balaban J connectivity index is 1.59. The van der Waals surface area contributed by atoms with E-state index in [1.165, 1.54) is 7.11 Å². The maximum absolute atomic E-state index is 13.7. The van der Waals surface area contributed by atoms with Gasteiger partial charge in [0, 0.05) is 31.1 Å². The molecule has 1 N–H and O–H groups in total. The van der Waals surface area contributed by atoms with Crippen LogP contribution < -0.4 is 0 Å². The molecule has 0 aromatic heterocycles. The maximum atomic E-state index is 13.7. The van der Waals surface area contributed by atoms with Crippen molar-refractivity contribution in [3.8, 4) is 0 Å². The van der Waals surface area contributed by atoms with Crippen LogP contribution in [-0.2, 0) is 19.1 Å². The summed E-state index contributed by atoms with van der Waals surface area (Å²) in [5.74, 6) is 1.77. The number of ketones is 2. The summed E-state index contributed by atoms with van der Waals surface area (Å²) in [6.45, 7) is 6.60. The fourth-order valence-electron chi connectivity index (χ4n) is 8.32. The molecule has 9 atom stereocenters. The van der Waals surface area contributed by atoms with E-state index in [1.54, 1.807) is 0 Å². The Morgan fingerprint density at radius 2 is 1.93 bits per heavy atom. The summed E-state index contributed by atoms with van der Waals surface area (Å²) in [5.41, 5.74) is -0.422. The molecule has 0 radical (unpaired) electrons. The van der Waals surface area contributed by atoms with Crippen molar-refractivity contribution in [3.63, 3.8) is 0 Å². The zero-order valence-corrected chi connectivity index (χ0v) is 19.0. The normalized spacial score (nSPS) is 46.6. The van der Waals surface area contributed by atoms with Crippen LogP contribution in [0.1, 0.15) is 78.6 Å². The lowest BCUT2D eigenvalue weighted by Gasteiger charge is -2.61. The van der Waals surface area contributed by atoms with Crippen molar-refractivity contribution in [2.24, 2.45) is 46.3 Å². The average Bonchev–Trinajstić information content (AvgIpc) is 3.06. The number of carbonyl (C=O) groups is 3. The number of carbonyl (C=O) groups excluding carboxylic acids is 3. The fraction of sp³-hybridized carbons (Fsp3) is 0.880. The molecule has 4 aliphatic carbocycles. The monoisotopic (exact) mass is 418 g/mol. The van der Waals surface area contributed by atoms with E-state index >= 15 is 0 Å². The SMILES string of the molecule is COC(=O)CC[C@@H](C)[C@H]1CC[C@H]2[C@@H]3[C@H](O)CC4CC(=O)CC[C@]4(C)[C@H]3CC(=O)[C@]12C. The van der Waals surface area contributed by atoms with Gasteiger partial charge < -0.3 is 9.84 Å². The van der Waals surface area contributed by atoms with Crippen molar-refractivity contribution in [1.82, 2.24) is 0 Å². The van der Waals surface area contributed by atoms with Crippen LogP contribution >= 0.6 is 0 Å². The van der Waals surface area contributed by atoms with Crippen LogP contribution in [0.15, 0.2) is 0 Å². The first-order valence-electron chi connectivity index (χ1n) is 11.9. The highest BCUT2D eigenvalue weighted by atomic mass is 16.5. The number of fused-ring (bicyclic) bond motifs is 5. The number of ether oxygens (including phenoxy) is 1. The van der Waals surface area contributed by atoms with E-state index in [2.05, 4.69) is 20.8 Å². The van der Waals surface area contributed by atoms with E-state index in [0.717, 1.165) is 25.7 Å². The molecule has 4 aliphatic rings. The molecule has 5 nitrogen and oxygen atoms in total. The van der Waals surface area contributed by atoms with Gasteiger partial charge in [-0.3, -0.25) is 14.4 Å². The molecule has 0 aliphatic heterocycles. The molecule has 0 aromatic rings. The van der Waals surface area contributed by atoms with Crippen LogP contribution in [0.4, 0.5) is 0 Å². The van der Waals surface area contributed by atoms with E-state index in [0.29, 0.717) is 43.7 Å². The van der Waals surface area contributed by atoms with Gasteiger partial charge in [-0.15, -0.1) is 0 Å². The topological polar surface area (TPSA) is 80.7 Å². The molecule has 5 heteroatoms. The summed E-state index contributed by atoms with van der Waals surface area (Å²) >= 11 is 0. The van der Waals surface area contributed by atoms with Gasteiger partial charge in [0.15, 0.2) is 0 Å². The van der Waals surface area contributed by atoms with E-state index in [1.807, 2.05) is 0 Å². The van der Waals surface area contributed by atoms with Gasteiger partial charge >= 0.3 is 5.97 Å². The fourth-order valence-corrected chi connectivity index (χ4v) is 8.32. The predicted octanol–water partition coefficient (Wildman–Crippen LogP) is 3.95. The van der Waals surface area contributed by atoms with Crippen molar-refractivity contribution >= 4 is 17.5 Å². The summed E-state index contributed by atoms with van der Waals surface area (Å²) in [6.07, 6.45) is 5.98. The number of esters is 1.